The van der Waals surface area contributed by atoms with E-state index in [-0.39, 0.29) is 17.5 Å². The summed E-state index contributed by atoms with van der Waals surface area (Å²) in [5.74, 6) is 0. The molecule has 0 radical (unpaired) electrons. The molecule has 380 valence electrons. The van der Waals surface area contributed by atoms with Crippen LogP contribution in [0.2, 0.25) is 0 Å². The van der Waals surface area contributed by atoms with Gasteiger partial charge in [-0.15, -0.1) is 0 Å². The maximum atomic E-state index is 2.67. The minimum atomic E-state index is -3.12. The molecule has 0 unspecified atom stereocenters. The molecule has 3 aliphatic rings. The summed E-state index contributed by atoms with van der Waals surface area (Å²) in [6.45, 7) is 13.9. The van der Waals surface area contributed by atoms with Crippen molar-refractivity contribution in [3.05, 3.63) is 278 Å². The minimum Gasteiger partial charge on any atom is -0.311 e. The Morgan fingerprint density at radius 3 is 1.06 bits per heavy atom. The van der Waals surface area contributed by atoms with Crippen molar-refractivity contribution in [1.29, 1.82) is 0 Å². The van der Waals surface area contributed by atoms with E-state index in [1.54, 1.807) is 0 Å². The molecule has 0 aliphatic carbocycles. The summed E-state index contributed by atoms with van der Waals surface area (Å²) in [7, 11) is -3.12. The van der Waals surface area contributed by atoms with E-state index in [1.165, 1.54) is 93.3 Å². The topological polar surface area (TPSA) is 9.72 Å². The van der Waals surface area contributed by atoms with Crippen LogP contribution in [0.4, 0.5) is 51.2 Å². The summed E-state index contributed by atoms with van der Waals surface area (Å²) in [4.78, 5) is 7.80. The maximum Gasteiger partial charge on any atom is 0.251 e. The lowest BCUT2D eigenvalue weighted by Gasteiger charge is -2.52. The van der Waals surface area contributed by atoms with Crippen LogP contribution in [0.1, 0.15) is 52.7 Å². The van der Waals surface area contributed by atoms with Gasteiger partial charge >= 0.3 is 0 Å². The zero-order chi connectivity index (χ0) is 53.6. The van der Waals surface area contributed by atoms with Crippen LogP contribution in [0, 0.1) is 0 Å². The van der Waals surface area contributed by atoms with Gasteiger partial charge in [0.2, 0.25) is 0 Å². The molecule has 0 bridgehead atoms. The van der Waals surface area contributed by atoms with Crippen LogP contribution in [0.3, 0.4) is 0 Å². The third kappa shape index (κ3) is 7.69. The van der Waals surface area contributed by atoms with E-state index in [0.29, 0.717) is 0 Å². The van der Waals surface area contributed by atoms with Crippen molar-refractivity contribution >= 4 is 103 Å². The van der Waals surface area contributed by atoms with Crippen LogP contribution in [-0.2, 0) is 10.8 Å². The highest BCUT2D eigenvalue weighted by Crippen LogP contribution is 2.52. The normalized spacial score (nSPS) is 13.7. The Morgan fingerprint density at radius 2 is 0.684 bits per heavy atom. The van der Waals surface area contributed by atoms with Gasteiger partial charge in [-0.25, -0.2) is 0 Å². The fourth-order valence-corrected chi connectivity index (χ4v) is 18.7. The zero-order valence-corrected chi connectivity index (χ0v) is 46.8. The van der Waals surface area contributed by atoms with Crippen molar-refractivity contribution in [2.75, 3.05) is 14.7 Å². The number of para-hydroxylation sites is 2. The van der Waals surface area contributed by atoms with E-state index in [2.05, 4.69) is 323 Å². The number of nitrogens with zero attached hydrogens (tertiary/aromatic N) is 3. The van der Waals surface area contributed by atoms with Gasteiger partial charge in [-0.1, -0.05) is 236 Å². The second kappa shape index (κ2) is 18.6. The molecule has 0 amide bonds. The first kappa shape index (κ1) is 48.5. The van der Waals surface area contributed by atoms with E-state index < -0.39 is 8.07 Å². The average molecular weight is 1030 g/mol. The maximum absolute atomic E-state index is 3.12. The lowest BCUT2D eigenvalue weighted by atomic mass is 9.33. The van der Waals surface area contributed by atoms with Crippen LogP contribution < -0.4 is 51.8 Å². The molecular weight excluding hydrogens is 970 g/mol. The summed E-state index contributed by atoms with van der Waals surface area (Å²) < 4.78 is 0. The molecule has 0 fully saturated rings. The van der Waals surface area contributed by atoms with Crippen LogP contribution in [0.5, 0.6) is 0 Å². The summed E-state index contributed by atoms with van der Waals surface area (Å²) in [5, 5.41) is 5.65. The number of hydrogen-bond donors (Lipinski definition) is 0. The fourth-order valence-electron chi connectivity index (χ4n) is 13.4. The van der Waals surface area contributed by atoms with Crippen molar-refractivity contribution in [3.8, 4) is 22.3 Å². The highest BCUT2D eigenvalue weighted by molar-refractivity contribution is 7.27. The Labute approximate surface area is 467 Å². The second-order valence-corrected chi connectivity index (χ2v) is 27.4. The summed E-state index contributed by atoms with van der Waals surface area (Å²) in [6, 6.07) is 101. The van der Waals surface area contributed by atoms with E-state index in [4.69, 9.17) is 0 Å². The van der Waals surface area contributed by atoms with E-state index in [1.807, 2.05) is 0 Å². The van der Waals surface area contributed by atoms with Gasteiger partial charge in [-0.3, -0.25) is 0 Å². The number of rotatable bonds is 9. The molecule has 0 saturated heterocycles. The second-order valence-electron chi connectivity index (χ2n) is 23.7. The van der Waals surface area contributed by atoms with Crippen LogP contribution in [-0.4, -0.2) is 14.8 Å². The largest absolute Gasteiger partial charge is 0.311 e. The Kier molecular flexibility index (Phi) is 11.4. The van der Waals surface area contributed by atoms with Crippen molar-refractivity contribution in [2.45, 2.75) is 52.4 Å². The van der Waals surface area contributed by atoms with E-state index >= 15 is 0 Å². The van der Waals surface area contributed by atoms with Crippen molar-refractivity contribution in [3.63, 3.8) is 0 Å². The molecule has 3 nitrogen and oxygen atoms in total. The first-order valence-electron chi connectivity index (χ1n) is 28.0. The van der Waals surface area contributed by atoms with E-state index in [9.17, 15) is 0 Å². The Balaban J connectivity index is 1.19. The molecule has 0 saturated carbocycles. The number of benzene rings is 11. The molecular formula is C74H62BN3Si. The zero-order valence-electron chi connectivity index (χ0n) is 45.8. The third-order valence-corrected chi connectivity index (χ3v) is 21.9. The quantitative estimate of drug-likeness (QED) is 0.133. The lowest BCUT2D eigenvalue weighted by molar-refractivity contribution is 0.590. The van der Waals surface area contributed by atoms with Gasteiger partial charge in [0.05, 0.1) is 17.1 Å². The van der Waals surface area contributed by atoms with Gasteiger partial charge in [0.25, 0.3) is 6.71 Å². The van der Waals surface area contributed by atoms with Gasteiger partial charge in [0, 0.05) is 45.3 Å². The monoisotopic (exact) mass is 1030 g/mol. The first-order chi connectivity index (χ1) is 38.5. The van der Waals surface area contributed by atoms with Gasteiger partial charge in [-0.05, 0) is 143 Å². The smallest absolute Gasteiger partial charge is 0.251 e. The third-order valence-electron chi connectivity index (χ3n) is 17.0. The standard InChI is InChI=1S/C74H62BN3Si/c1-73(2,3)53-43-45-62(60(47-53)51-27-13-7-14-28-51)77-64-39-25-41-68-71(64)75-70-66(77)49-57(76(55-31-17-9-18-32-55)56-33-19-10-20-34-56)50-67(70)78(63-46-44-54(74(4,5)6)48-61(63)52-29-15-8-16-30-52)65-40-26-42-69(72(65)75)79(68,58-35-21-11-22-36-58)59-37-23-12-24-38-59/h7-50H,1-6H3. The first-order valence-corrected chi connectivity index (χ1v) is 30.0. The molecule has 14 rings (SSSR count). The SMILES string of the molecule is CC(C)(C)c1ccc(N2c3cc(N(c4ccccc4)c4ccccc4)cc4c3B3c5c2cccc5[Si](c2ccccc2)(c2ccccc2)c2cccc(c23)N4c2ccc(C(C)(C)C)cc2-c2ccccc2)c(-c2ccccc2)c1. The molecule has 0 aromatic heterocycles. The van der Waals surface area contributed by atoms with Crippen molar-refractivity contribution in [2.24, 2.45) is 0 Å². The molecule has 3 aliphatic heterocycles. The highest BCUT2D eigenvalue weighted by atomic mass is 28.3. The number of hydrogen-bond acceptors (Lipinski definition) is 3. The molecule has 0 atom stereocenters. The molecule has 3 heterocycles. The van der Waals surface area contributed by atoms with Crippen molar-refractivity contribution < 1.29 is 0 Å². The highest BCUT2D eigenvalue weighted by Gasteiger charge is 2.56. The van der Waals surface area contributed by atoms with Gasteiger partial charge < -0.3 is 14.7 Å². The predicted octanol–water partition coefficient (Wildman–Crippen LogP) is 14.9. The Hall–Kier alpha value is -8.90. The lowest BCUT2D eigenvalue weighted by Crippen LogP contribution is -2.88. The van der Waals surface area contributed by atoms with E-state index in [0.717, 1.165) is 28.4 Å². The minimum absolute atomic E-state index is 0.0813. The van der Waals surface area contributed by atoms with Gasteiger partial charge in [0.1, 0.15) is 0 Å². The van der Waals surface area contributed by atoms with Crippen molar-refractivity contribution in [1.82, 2.24) is 0 Å². The number of anilines is 9. The summed E-state index contributed by atoms with van der Waals surface area (Å²) in [5.41, 5.74) is 21.7. The van der Waals surface area contributed by atoms with Crippen LogP contribution >= 0.6 is 0 Å². The average Bonchev–Trinajstić information content (AvgIpc) is 3.15. The van der Waals surface area contributed by atoms with Crippen LogP contribution in [0.15, 0.2) is 267 Å². The summed E-state index contributed by atoms with van der Waals surface area (Å²) in [6.07, 6.45) is 0. The van der Waals surface area contributed by atoms with Gasteiger partial charge in [0.15, 0.2) is 8.07 Å². The van der Waals surface area contributed by atoms with Gasteiger partial charge in [-0.2, -0.15) is 0 Å². The summed E-state index contributed by atoms with van der Waals surface area (Å²) >= 11 is 0. The Bertz CT molecular complexity index is 3830. The molecule has 0 N–H and O–H groups in total. The Morgan fingerprint density at radius 1 is 0.316 bits per heavy atom. The molecule has 11 aromatic carbocycles. The molecule has 0 spiro atoms. The molecule has 79 heavy (non-hydrogen) atoms. The predicted molar refractivity (Wildman–Crippen MR) is 341 cm³/mol. The van der Waals surface area contributed by atoms with Crippen LogP contribution in [0.25, 0.3) is 22.3 Å². The fraction of sp³-hybridized carbons (Fsp3) is 0.108. The molecule has 5 heteroatoms. The molecule has 11 aromatic rings.